The van der Waals surface area contributed by atoms with E-state index in [0.717, 1.165) is 5.56 Å². The topological polar surface area (TPSA) is 77.2 Å². The molecule has 2 heterocycles. The molecule has 0 aliphatic heterocycles. The SMILES string of the molecule is COc1ccc(NC(=O)Cc2nnc(-c3ccsc3)o2)cc1Cl. The van der Waals surface area contributed by atoms with Gasteiger partial charge in [0.25, 0.3) is 0 Å². The number of nitrogens with one attached hydrogen (secondary N) is 1. The van der Waals surface area contributed by atoms with Crippen molar-refractivity contribution in [3.05, 3.63) is 45.9 Å². The van der Waals surface area contributed by atoms with Crippen LogP contribution in [-0.2, 0) is 11.2 Å². The highest BCUT2D eigenvalue weighted by atomic mass is 35.5. The minimum Gasteiger partial charge on any atom is -0.495 e. The standard InChI is InChI=1S/C15H12ClN3O3S/c1-21-12-3-2-10(6-11(12)16)17-13(20)7-14-18-19-15(22-14)9-4-5-23-8-9/h2-6,8H,7H2,1H3,(H,17,20). The fraction of sp³-hybridized carbons (Fsp3) is 0.133. The van der Waals surface area contributed by atoms with Crippen LogP contribution in [0.25, 0.3) is 11.5 Å². The van der Waals surface area contributed by atoms with Crippen molar-refractivity contribution in [1.29, 1.82) is 0 Å². The lowest BCUT2D eigenvalue weighted by atomic mass is 10.3. The first-order valence-corrected chi connectivity index (χ1v) is 7.96. The Balaban J connectivity index is 1.64. The number of carbonyl (C=O) groups is 1. The Bertz CT molecular complexity index is 817. The molecule has 0 aliphatic rings. The van der Waals surface area contributed by atoms with E-state index in [2.05, 4.69) is 15.5 Å². The maximum absolute atomic E-state index is 12.0. The van der Waals surface area contributed by atoms with Gasteiger partial charge < -0.3 is 14.5 Å². The number of ether oxygens (including phenoxy) is 1. The number of benzene rings is 1. The minimum absolute atomic E-state index is 0.0131. The Morgan fingerprint density at radius 2 is 2.26 bits per heavy atom. The summed E-state index contributed by atoms with van der Waals surface area (Å²) < 4.78 is 10.5. The molecular formula is C15H12ClN3O3S. The molecule has 1 aromatic carbocycles. The summed E-state index contributed by atoms with van der Waals surface area (Å²) >= 11 is 7.55. The molecule has 0 spiro atoms. The van der Waals surface area contributed by atoms with Crippen molar-refractivity contribution in [1.82, 2.24) is 10.2 Å². The van der Waals surface area contributed by atoms with Crippen LogP contribution in [0.1, 0.15) is 5.89 Å². The van der Waals surface area contributed by atoms with Gasteiger partial charge in [0.2, 0.25) is 17.7 Å². The van der Waals surface area contributed by atoms with Crippen LogP contribution in [0.15, 0.2) is 39.4 Å². The van der Waals surface area contributed by atoms with E-state index in [-0.39, 0.29) is 18.2 Å². The van der Waals surface area contributed by atoms with Gasteiger partial charge in [0.1, 0.15) is 12.2 Å². The molecule has 0 atom stereocenters. The molecule has 8 heteroatoms. The summed E-state index contributed by atoms with van der Waals surface area (Å²) in [5.74, 6) is 0.929. The quantitative estimate of drug-likeness (QED) is 0.760. The summed E-state index contributed by atoms with van der Waals surface area (Å²) in [6.45, 7) is 0. The minimum atomic E-state index is -0.272. The van der Waals surface area contributed by atoms with Gasteiger partial charge in [0, 0.05) is 16.6 Å². The molecule has 6 nitrogen and oxygen atoms in total. The number of carbonyl (C=O) groups excluding carboxylic acids is 1. The third-order valence-electron chi connectivity index (χ3n) is 2.98. The number of halogens is 1. The summed E-state index contributed by atoms with van der Waals surface area (Å²) in [5, 5.41) is 14.8. The molecule has 118 valence electrons. The molecule has 1 amide bonds. The Morgan fingerprint density at radius 1 is 1.39 bits per heavy atom. The van der Waals surface area contributed by atoms with Crippen LogP contribution >= 0.6 is 22.9 Å². The number of amides is 1. The predicted molar refractivity (Wildman–Crippen MR) is 87.9 cm³/mol. The van der Waals surface area contributed by atoms with Crippen LogP contribution in [0.3, 0.4) is 0 Å². The van der Waals surface area contributed by atoms with Crippen molar-refractivity contribution < 1.29 is 13.9 Å². The molecule has 3 aromatic rings. The van der Waals surface area contributed by atoms with E-state index in [1.807, 2.05) is 16.8 Å². The van der Waals surface area contributed by atoms with E-state index in [0.29, 0.717) is 22.4 Å². The molecule has 0 radical (unpaired) electrons. The third-order valence-corrected chi connectivity index (χ3v) is 3.96. The molecule has 0 saturated heterocycles. The van der Waals surface area contributed by atoms with Gasteiger partial charge in [-0.15, -0.1) is 10.2 Å². The average Bonchev–Trinajstić information content (AvgIpc) is 3.18. The smallest absolute Gasteiger partial charge is 0.248 e. The fourth-order valence-corrected chi connectivity index (χ4v) is 2.80. The van der Waals surface area contributed by atoms with Crippen LogP contribution in [0.5, 0.6) is 5.75 Å². The summed E-state index contributed by atoms with van der Waals surface area (Å²) in [7, 11) is 1.53. The molecule has 23 heavy (non-hydrogen) atoms. The van der Waals surface area contributed by atoms with Crippen LogP contribution in [0, 0.1) is 0 Å². The summed E-state index contributed by atoms with van der Waals surface area (Å²) in [6, 6.07) is 6.87. The number of hydrogen-bond donors (Lipinski definition) is 1. The second-order valence-electron chi connectivity index (χ2n) is 4.59. The summed E-state index contributed by atoms with van der Waals surface area (Å²) in [4.78, 5) is 12.0. The van der Waals surface area contributed by atoms with Gasteiger partial charge in [-0.25, -0.2) is 0 Å². The van der Waals surface area contributed by atoms with Crippen LogP contribution in [-0.4, -0.2) is 23.2 Å². The average molecular weight is 350 g/mol. The number of rotatable bonds is 5. The molecule has 1 N–H and O–H groups in total. The maximum Gasteiger partial charge on any atom is 0.248 e. The molecule has 0 bridgehead atoms. The van der Waals surface area contributed by atoms with E-state index in [1.54, 1.807) is 18.2 Å². The highest BCUT2D eigenvalue weighted by molar-refractivity contribution is 7.08. The van der Waals surface area contributed by atoms with E-state index in [9.17, 15) is 4.79 Å². The Labute approximate surface area is 141 Å². The first-order valence-electron chi connectivity index (χ1n) is 6.64. The van der Waals surface area contributed by atoms with Gasteiger partial charge in [-0.1, -0.05) is 11.6 Å². The van der Waals surface area contributed by atoms with Crippen molar-refractivity contribution in [2.24, 2.45) is 0 Å². The monoisotopic (exact) mass is 349 g/mol. The molecule has 0 aliphatic carbocycles. The van der Waals surface area contributed by atoms with Crippen molar-refractivity contribution in [2.45, 2.75) is 6.42 Å². The van der Waals surface area contributed by atoms with Gasteiger partial charge in [0.05, 0.1) is 12.1 Å². The van der Waals surface area contributed by atoms with E-state index < -0.39 is 0 Å². The molecular weight excluding hydrogens is 338 g/mol. The number of aromatic nitrogens is 2. The number of hydrogen-bond acceptors (Lipinski definition) is 6. The number of anilines is 1. The first kappa shape index (κ1) is 15.5. The second kappa shape index (κ2) is 6.80. The van der Waals surface area contributed by atoms with Crippen molar-refractivity contribution in [2.75, 3.05) is 12.4 Å². The van der Waals surface area contributed by atoms with Gasteiger partial charge >= 0.3 is 0 Å². The van der Waals surface area contributed by atoms with E-state index >= 15 is 0 Å². The lowest BCUT2D eigenvalue weighted by molar-refractivity contribution is -0.115. The normalized spacial score (nSPS) is 10.5. The number of nitrogens with zero attached hydrogens (tertiary/aromatic N) is 2. The van der Waals surface area contributed by atoms with Crippen molar-refractivity contribution >= 4 is 34.5 Å². The van der Waals surface area contributed by atoms with Crippen LogP contribution in [0.4, 0.5) is 5.69 Å². The van der Waals surface area contributed by atoms with E-state index in [1.165, 1.54) is 18.4 Å². The number of methoxy groups -OCH3 is 1. The molecule has 0 unspecified atom stereocenters. The molecule has 2 aromatic heterocycles. The van der Waals surface area contributed by atoms with Crippen molar-refractivity contribution in [3.63, 3.8) is 0 Å². The maximum atomic E-state index is 12.0. The highest BCUT2D eigenvalue weighted by Crippen LogP contribution is 2.27. The van der Waals surface area contributed by atoms with Gasteiger partial charge in [0.15, 0.2) is 0 Å². The van der Waals surface area contributed by atoms with Crippen LogP contribution in [0.2, 0.25) is 5.02 Å². The zero-order chi connectivity index (χ0) is 16.2. The van der Waals surface area contributed by atoms with Crippen molar-refractivity contribution in [3.8, 4) is 17.2 Å². The largest absolute Gasteiger partial charge is 0.495 e. The third kappa shape index (κ3) is 3.69. The Morgan fingerprint density at radius 3 is 2.96 bits per heavy atom. The van der Waals surface area contributed by atoms with Gasteiger partial charge in [-0.05, 0) is 29.6 Å². The zero-order valence-corrected chi connectivity index (χ0v) is 13.6. The van der Waals surface area contributed by atoms with Crippen LogP contribution < -0.4 is 10.1 Å². The number of thiophene rings is 1. The fourth-order valence-electron chi connectivity index (χ4n) is 1.91. The lowest BCUT2D eigenvalue weighted by Crippen LogP contribution is -2.14. The molecule has 0 fully saturated rings. The van der Waals surface area contributed by atoms with Gasteiger partial charge in [-0.3, -0.25) is 4.79 Å². The lowest BCUT2D eigenvalue weighted by Gasteiger charge is -2.07. The first-order chi connectivity index (χ1) is 11.2. The zero-order valence-electron chi connectivity index (χ0n) is 12.1. The Hall–Kier alpha value is -2.38. The predicted octanol–water partition coefficient (Wildman–Crippen LogP) is 3.64. The Kier molecular flexibility index (Phi) is 4.59. The summed E-state index contributed by atoms with van der Waals surface area (Å²) in [6.07, 6.45) is -0.0131. The molecule has 0 saturated carbocycles. The van der Waals surface area contributed by atoms with E-state index in [4.69, 9.17) is 20.8 Å². The highest BCUT2D eigenvalue weighted by Gasteiger charge is 2.13. The molecule has 3 rings (SSSR count). The summed E-state index contributed by atoms with van der Waals surface area (Å²) in [5.41, 5.74) is 1.41. The second-order valence-corrected chi connectivity index (χ2v) is 5.77. The van der Waals surface area contributed by atoms with Gasteiger partial charge in [-0.2, -0.15) is 11.3 Å².